The van der Waals surface area contributed by atoms with Crippen LogP contribution in [-0.4, -0.2) is 23.9 Å². The fraction of sp³-hybridized carbons (Fsp3) is 0.529. The first kappa shape index (κ1) is 15.5. The van der Waals surface area contributed by atoms with Crippen LogP contribution in [0.5, 0.6) is 0 Å². The highest BCUT2D eigenvalue weighted by atomic mass is 16.2. The minimum Gasteiger partial charge on any atom is -0.342 e. The van der Waals surface area contributed by atoms with Crippen molar-refractivity contribution in [2.75, 3.05) is 4.90 Å². The lowest BCUT2D eigenvalue weighted by Gasteiger charge is -2.39. The first-order chi connectivity index (χ1) is 9.99. The van der Waals surface area contributed by atoms with E-state index in [-0.39, 0.29) is 11.8 Å². The van der Waals surface area contributed by atoms with E-state index in [0.29, 0.717) is 12.8 Å². The molecule has 0 aliphatic carbocycles. The molecule has 1 aromatic carbocycles. The number of carbonyl (C=O) groups is 2. The second-order valence-corrected chi connectivity index (χ2v) is 5.77. The van der Waals surface area contributed by atoms with Gasteiger partial charge in [-0.05, 0) is 43.9 Å². The zero-order valence-electron chi connectivity index (χ0n) is 13.3. The van der Waals surface area contributed by atoms with Crippen LogP contribution in [0.1, 0.15) is 44.2 Å². The maximum absolute atomic E-state index is 12.8. The standard InChI is InChI=1S/C17H24N2O2/c1-5-7-13-17(21)19(14(6-2)16(20)18-13)15-10-11(3)8-9-12(15)4/h8-10,13-14H,5-7H2,1-4H3,(H,18,20). The Morgan fingerprint density at radius 2 is 1.90 bits per heavy atom. The largest absolute Gasteiger partial charge is 0.342 e. The quantitative estimate of drug-likeness (QED) is 0.926. The number of amides is 2. The molecule has 1 aliphatic rings. The van der Waals surface area contributed by atoms with Crippen LogP contribution in [0.15, 0.2) is 18.2 Å². The van der Waals surface area contributed by atoms with Crippen molar-refractivity contribution >= 4 is 17.5 Å². The summed E-state index contributed by atoms with van der Waals surface area (Å²) in [6, 6.07) is 5.22. The third-order valence-corrected chi connectivity index (χ3v) is 4.05. The molecule has 1 saturated heterocycles. The third-order valence-electron chi connectivity index (χ3n) is 4.05. The topological polar surface area (TPSA) is 49.4 Å². The molecule has 1 N–H and O–H groups in total. The van der Waals surface area contributed by atoms with Crippen LogP contribution in [0.3, 0.4) is 0 Å². The summed E-state index contributed by atoms with van der Waals surface area (Å²) in [6.45, 7) is 7.95. The van der Waals surface area contributed by atoms with Crippen LogP contribution in [-0.2, 0) is 9.59 Å². The predicted octanol–water partition coefficient (Wildman–Crippen LogP) is 2.71. The van der Waals surface area contributed by atoms with Crippen LogP contribution in [0.2, 0.25) is 0 Å². The van der Waals surface area contributed by atoms with Gasteiger partial charge in [-0.3, -0.25) is 14.5 Å². The van der Waals surface area contributed by atoms with Gasteiger partial charge in [0.05, 0.1) is 0 Å². The molecule has 0 saturated carbocycles. The van der Waals surface area contributed by atoms with E-state index in [1.807, 2.05) is 45.9 Å². The smallest absolute Gasteiger partial charge is 0.250 e. The van der Waals surface area contributed by atoms with E-state index >= 15 is 0 Å². The minimum atomic E-state index is -0.411. The van der Waals surface area contributed by atoms with Crippen molar-refractivity contribution in [1.29, 1.82) is 0 Å². The minimum absolute atomic E-state index is 0.0111. The Hall–Kier alpha value is -1.84. The Morgan fingerprint density at radius 1 is 1.19 bits per heavy atom. The highest BCUT2D eigenvalue weighted by molar-refractivity contribution is 6.08. The summed E-state index contributed by atoms with van der Waals surface area (Å²) in [5.74, 6) is -0.0338. The average molecular weight is 288 g/mol. The van der Waals surface area contributed by atoms with Gasteiger partial charge < -0.3 is 5.32 Å². The van der Waals surface area contributed by atoms with Crippen molar-refractivity contribution in [2.45, 2.75) is 59.0 Å². The summed E-state index contributed by atoms with van der Waals surface area (Å²) in [4.78, 5) is 26.8. The summed E-state index contributed by atoms with van der Waals surface area (Å²) in [6.07, 6.45) is 2.17. The SMILES string of the molecule is CCCC1NC(=O)C(CC)N(c2cc(C)ccc2C)C1=O. The third kappa shape index (κ3) is 2.94. The number of rotatable bonds is 4. The molecular formula is C17H24N2O2. The molecule has 0 spiro atoms. The van der Waals surface area contributed by atoms with Gasteiger partial charge in [-0.25, -0.2) is 0 Å². The summed E-state index contributed by atoms with van der Waals surface area (Å²) in [5, 5.41) is 2.87. The van der Waals surface area contributed by atoms with Crippen molar-refractivity contribution in [3.8, 4) is 0 Å². The fourth-order valence-electron chi connectivity index (χ4n) is 2.89. The number of anilines is 1. The molecule has 2 atom stereocenters. The highest BCUT2D eigenvalue weighted by Crippen LogP contribution is 2.28. The number of nitrogens with zero attached hydrogens (tertiary/aromatic N) is 1. The number of aryl methyl sites for hydroxylation is 2. The number of hydrogen-bond donors (Lipinski definition) is 1. The Kier molecular flexibility index (Phi) is 4.66. The lowest BCUT2D eigenvalue weighted by atomic mass is 9.99. The molecule has 1 aliphatic heterocycles. The number of carbonyl (C=O) groups excluding carboxylic acids is 2. The summed E-state index contributed by atoms with van der Waals surface area (Å²) in [7, 11) is 0. The molecule has 21 heavy (non-hydrogen) atoms. The van der Waals surface area contributed by atoms with Gasteiger partial charge in [-0.15, -0.1) is 0 Å². The second kappa shape index (κ2) is 6.29. The lowest BCUT2D eigenvalue weighted by molar-refractivity contribution is -0.134. The number of benzene rings is 1. The van der Waals surface area contributed by atoms with Gasteiger partial charge >= 0.3 is 0 Å². The van der Waals surface area contributed by atoms with E-state index in [9.17, 15) is 9.59 Å². The van der Waals surface area contributed by atoms with Gasteiger partial charge in [-0.2, -0.15) is 0 Å². The van der Waals surface area contributed by atoms with Crippen LogP contribution in [0.4, 0.5) is 5.69 Å². The average Bonchev–Trinajstić information content (AvgIpc) is 2.45. The van der Waals surface area contributed by atoms with Crippen LogP contribution in [0.25, 0.3) is 0 Å². The molecule has 2 unspecified atom stereocenters. The summed E-state index contributed by atoms with van der Waals surface area (Å²) < 4.78 is 0. The first-order valence-corrected chi connectivity index (χ1v) is 7.70. The number of piperazine rings is 1. The summed E-state index contributed by atoms with van der Waals surface area (Å²) in [5.41, 5.74) is 2.98. The molecule has 0 bridgehead atoms. The molecule has 2 amide bonds. The van der Waals surface area contributed by atoms with Crippen molar-refractivity contribution < 1.29 is 9.59 Å². The molecule has 114 valence electrons. The zero-order valence-corrected chi connectivity index (χ0v) is 13.3. The van der Waals surface area contributed by atoms with E-state index in [0.717, 1.165) is 23.2 Å². The molecule has 0 radical (unpaired) electrons. The molecular weight excluding hydrogens is 264 g/mol. The Morgan fingerprint density at radius 3 is 2.52 bits per heavy atom. The van der Waals surface area contributed by atoms with Gasteiger partial charge in [0, 0.05) is 5.69 Å². The van der Waals surface area contributed by atoms with E-state index in [1.165, 1.54) is 0 Å². The van der Waals surface area contributed by atoms with Crippen molar-refractivity contribution in [1.82, 2.24) is 5.32 Å². The monoisotopic (exact) mass is 288 g/mol. The Balaban J connectivity index is 2.46. The molecule has 4 nitrogen and oxygen atoms in total. The fourth-order valence-corrected chi connectivity index (χ4v) is 2.89. The normalized spacial score (nSPS) is 22.4. The van der Waals surface area contributed by atoms with Gasteiger partial charge in [0.25, 0.3) is 0 Å². The second-order valence-electron chi connectivity index (χ2n) is 5.77. The van der Waals surface area contributed by atoms with Crippen LogP contribution >= 0.6 is 0 Å². The highest BCUT2D eigenvalue weighted by Gasteiger charge is 2.40. The van der Waals surface area contributed by atoms with E-state index < -0.39 is 12.1 Å². The van der Waals surface area contributed by atoms with E-state index in [4.69, 9.17) is 0 Å². The van der Waals surface area contributed by atoms with Crippen LogP contribution < -0.4 is 10.2 Å². The molecule has 1 heterocycles. The van der Waals surface area contributed by atoms with Gasteiger partial charge in [0.1, 0.15) is 12.1 Å². The van der Waals surface area contributed by atoms with E-state index in [1.54, 1.807) is 4.90 Å². The molecule has 1 fully saturated rings. The van der Waals surface area contributed by atoms with Gasteiger partial charge in [0.2, 0.25) is 11.8 Å². The number of hydrogen-bond acceptors (Lipinski definition) is 2. The molecule has 2 rings (SSSR count). The van der Waals surface area contributed by atoms with Crippen molar-refractivity contribution in [3.63, 3.8) is 0 Å². The maximum atomic E-state index is 12.8. The van der Waals surface area contributed by atoms with E-state index in [2.05, 4.69) is 5.32 Å². The lowest BCUT2D eigenvalue weighted by Crippen LogP contribution is -2.63. The zero-order chi connectivity index (χ0) is 15.6. The Bertz CT molecular complexity index is 554. The van der Waals surface area contributed by atoms with Gasteiger partial charge in [-0.1, -0.05) is 32.4 Å². The Labute approximate surface area is 126 Å². The molecule has 4 heteroatoms. The maximum Gasteiger partial charge on any atom is 0.250 e. The number of nitrogens with one attached hydrogen (secondary N) is 1. The van der Waals surface area contributed by atoms with Crippen molar-refractivity contribution in [3.05, 3.63) is 29.3 Å². The first-order valence-electron chi connectivity index (χ1n) is 7.70. The summed E-state index contributed by atoms with van der Waals surface area (Å²) >= 11 is 0. The predicted molar refractivity (Wildman–Crippen MR) is 84.3 cm³/mol. The molecule has 1 aromatic rings. The van der Waals surface area contributed by atoms with Gasteiger partial charge in [0.15, 0.2) is 0 Å². The van der Waals surface area contributed by atoms with Crippen LogP contribution in [0, 0.1) is 13.8 Å². The van der Waals surface area contributed by atoms with Crippen molar-refractivity contribution in [2.24, 2.45) is 0 Å². The molecule has 0 aromatic heterocycles.